The van der Waals surface area contributed by atoms with Gasteiger partial charge in [0.25, 0.3) is 11.5 Å². The van der Waals surface area contributed by atoms with E-state index < -0.39 is 0 Å². The highest BCUT2D eigenvalue weighted by molar-refractivity contribution is 5.94. The molecule has 2 aromatic carbocycles. The zero-order valence-electron chi connectivity index (χ0n) is 17.6. The van der Waals surface area contributed by atoms with Crippen LogP contribution in [0.15, 0.2) is 77.7 Å². The number of H-pyrrole nitrogens is 1. The Morgan fingerprint density at radius 1 is 0.906 bits per heavy atom. The van der Waals surface area contributed by atoms with Crippen molar-refractivity contribution < 1.29 is 4.79 Å². The fourth-order valence-corrected chi connectivity index (χ4v) is 4.12. The zero-order chi connectivity index (χ0) is 21.9. The van der Waals surface area contributed by atoms with Gasteiger partial charge >= 0.3 is 0 Å². The first-order chi connectivity index (χ1) is 15.7. The Bertz CT molecular complexity index is 1290. The predicted octanol–water partition coefficient (Wildman–Crippen LogP) is 2.87. The van der Waals surface area contributed by atoms with Crippen LogP contribution in [-0.4, -0.2) is 52.2 Å². The Kier molecular flexibility index (Phi) is 5.37. The van der Waals surface area contributed by atoms with Crippen LogP contribution in [-0.2, 0) is 6.42 Å². The van der Waals surface area contributed by atoms with Gasteiger partial charge in [0.05, 0.1) is 16.6 Å². The minimum Gasteiger partial charge on any atom is -0.368 e. The highest BCUT2D eigenvalue weighted by atomic mass is 16.2. The number of aromatic nitrogens is 3. The Hall–Kier alpha value is -4.00. The molecule has 1 fully saturated rings. The molecule has 1 aliphatic rings. The molecule has 0 atom stereocenters. The number of nitrogens with one attached hydrogen (secondary N) is 1. The molecule has 7 nitrogen and oxygen atoms in total. The Morgan fingerprint density at radius 3 is 2.41 bits per heavy atom. The summed E-state index contributed by atoms with van der Waals surface area (Å²) in [6.07, 6.45) is 2.18. The molecule has 5 rings (SSSR count). The summed E-state index contributed by atoms with van der Waals surface area (Å²) in [6.45, 7) is 3.06. The third-order valence-corrected chi connectivity index (χ3v) is 5.88. The maximum absolute atomic E-state index is 13.0. The summed E-state index contributed by atoms with van der Waals surface area (Å²) in [7, 11) is 0. The lowest BCUT2D eigenvalue weighted by Gasteiger charge is -2.36. The molecular weight excluding hydrogens is 402 g/mol. The summed E-state index contributed by atoms with van der Waals surface area (Å²) in [6, 6.07) is 21.4. The van der Waals surface area contributed by atoms with Gasteiger partial charge in [-0.2, -0.15) is 5.10 Å². The summed E-state index contributed by atoms with van der Waals surface area (Å²) < 4.78 is 0. The summed E-state index contributed by atoms with van der Waals surface area (Å²) in [5, 5.41) is 7.25. The third kappa shape index (κ3) is 3.97. The molecule has 0 saturated carbocycles. The van der Waals surface area contributed by atoms with E-state index in [0.29, 0.717) is 41.7 Å². The predicted molar refractivity (Wildman–Crippen MR) is 124 cm³/mol. The van der Waals surface area contributed by atoms with Crippen molar-refractivity contribution in [1.82, 2.24) is 20.1 Å². The standard InChI is InChI=1S/C25H23N5O2/c31-24-21-7-4-12-26-23(21)22(27-28-24)17-18-8-10-19(11-9-18)25(32)30-15-13-29(14-16-30)20-5-2-1-3-6-20/h1-12H,13-17H2,(H,28,31). The monoisotopic (exact) mass is 425 g/mol. The first kappa shape index (κ1) is 19.9. The van der Waals surface area contributed by atoms with E-state index in [2.05, 4.69) is 32.2 Å². The molecule has 2 aromatic heterocycles. The maximum Gasteiger partial charge on any atom is 0.273 e. The second kappa shape index (κ2) is 8.63. The average Bonchev–Trinajstić information content (AvgIpc) is 2.87. The summed E-state index contributed by atoms with van der Waals surface area (Å²) in [4.78, 5) is 33.5. The average molecular weight is 425 g/mol. The lowest BCUT2D eigenvalue weighted by molar-refractivity contribution is 0.0747. The highest BCUT2D eigenvalue weighted by Crippen LogP contribution is 2.18. The number of para-hydroxylation sites is 1. The molecule has 4 aromatic rings. The second-order valence-electron chi connectivity index (χ2n) is 7.89. The summed E-state index contributed by atoms with van der Waals surface area (Å²) in [5.41, 5.74) is 3.94. The van der Waals surface area contributed by atoms with Crippen molar-refractivity contribution in [2.45, 2.75) is 6.42 Å². The molecule has 0 unspecified atom stereocenters. The summed E-state index contributed by atoms with van der Waals surface area (Å²) in [5.74, 6) is 0.0542. The quantitative estimate of drug-likeness (QED) is 0.544. The van der Waals surface area contributed by atoms with Crippen LogP contribution in [0.2, 0.25) is 0 Å². The first-order valence-electron chi connectivity index (χ1n) is 10.7. The molecule has 160 valence electrons. The lowest BCUT2D eigenvalue weighted by Crippen LogP contribution is -2.48. The normalized spacial score (nSPS) is 14.0. The number of hydrogen-bond acceptors (Lipinski definition) is 5. The van der Waals surface area contributed by atoms with Crippen LogP contribution >= 0.6 is 0 Å². The molecule has 1 saturated heterocycles. The van der Waals surface area contributed by atoms with Gasteiger partial charge in [0.15, 0.2) is 0 Å². The molecule has 32 heavy (non-hydrogen) atoms. The molecule has 3 heterocycles. The number of nitrogens with zero attached hydrogens (tertiary/aromatic N) is 4. The van der Waals surface area contributed by atoms with Crippen molar-refractivity contribution in [2.75, 3.05) is 31.1 Å². The number of piperazine rings is 1. The van der Waals surface area contributed by atoms with E-state index >= 15 is 0 Å². The Labute approximate surface area is 185 Å². The van der Waals surface area contributed by atoms with Crippen LogP contribution in [0.25, 0.3) is 10.9 Å². The van der Waals surface area contributed by atoms with Gasteiger partial charge in [0.1, 0.15) is 0 Å². The minimum absolute atomic E-state index is 0.0542. The summed E-state index contributed by atoms with van der Waals surface area (Å²) >= 11 is 0. The molecule has 0 bridgehead atoms. The molecule has 0 spiro atoms. The molecule has 0 aliphatic carbocycles. The zero-order valence-corrected chi connectivity index (χ0v) is 17.6. The highest BCUT2D eigenvalue weighted by Gasteiger charge is 2.22. The SMILES string of the molecule is O=C(c1ccc(Cc2n[nH]c(=O)c3cccnc23)cc1)N1CCN(c2ccccc2)CC1. The van der Waals surface area contributed by atoms with Crippen molar-refractivity contribution in [3.63, 3.8) is 0 Å². The van der Waals surface area contributed by atoms with Crippen molar-refractivity contribution in [1.29, 1.82) is 0 Å². The van der Waals surface area contributed by atoms with Crippen molar-refractivity contribution in [2.24, 2.45) is 0 Å². The van der Waals surface area contributed by atoms with Crippen molar-refractivity contribution in [3.05, 3.63) is 100 Å². The number of carbonyl (C=O) groups excluding carboxylic acids is 1. The van der Waals surface area contributed by atoms with Gasteiger partial charge < -0.3 is 9.80 Å². The number of amides is 1. The van der Waals surface area contributed by atoms with E-state index in [1.54, 1.807) is 18.3 Å². The van der Waals surface area contributed by atoms with Gasteiger partial charge in [-0.05, 0) is 42.0 Å². The van der Waals surface area contributed by atoms with Crippen LogP contribution in [0.1, 0.15) is 21.6 Å². The van der Waals surface area contributed by atoms with Crippen LogP contribution in [0, 0.1) is 0 Å². The van der Waals surface area contributed by atoms with Crippen molar-refractivity contribution in [3.8, 4) is 0 Å². The number of fused-ring (bicyclic) bond motifs is 1. The third-order valence-electron chi connectivity index (χ3n) is 5.88. The molecular formula is C25H23N5O2. The van der Waals surface area contributed by atoms with E-state index in [1.165, 1.54) is 5.69 Å². The van der Waals surface area contributed by atoms with Gasteiger partial charge in [-0.15, -0.1) is 0 Å². The van der Waals surface area contributed by atoms with E-state index in [0.717, 1.165) is 18.7 Å². The number of carbonyl (C=O) groups is 1. The van der Waals surface area contributed by atoms with E-state index in [1.807, 2.05) is 47.4 Å². The van der Waals surface area contributed by atoms with Crippen LogP contribution in [0.3, 0.4) is 0 Å². The van der Waals surface area contributed by atoms with E-state index in [9.17, 15) is 9.59 Å². The maximum atomic E-state index is 13.0. The fourth-order valence-electron chi connectivity index (χ4n) is 4.12. The van der Waals surface area contributed by atoms with Crippen LogP contribution < -0.4 is 10.5 Å². The molecule has 1 amide bonds. The van der Waals surface area contributed by atoms with Crippen LogP contribution in [0.5, 0.6) is 0 Å². The van der Waals surface area contributed by atoms with E-state index in [-0.39, 0.29) is 11.5 Å². The first-order valence-corrected chi connectivity index (χ1v) is 10.7. The number of anilines is 1. The smallest absolute Gasteiger partial charge is 0.273 e. The van der Waals surface area contributed by atoms with Gasteiger partial charge in [0, 0.05) is 50.0 Å². The topological polar surface area (TPSA) is 82.2 Å². The number of aromatic amines is 1. The molecule has 1 N–H and O–H groups in total. The van der Waals surface area contributed by atoms with Crippen molar-refractivity contribution >= 4 is 22.5 Å². The van der Waals surface area contributed by atoms with Gasteiger partial charge in [-0.3, -0.25) is 14.6 Å². The molecule has 0 radical (unpaired) electrons. The number of hydrogen-bond donors (Lipinski definition) is 1. The Balaban J connectivity index is 1.26. The fraction of sp³-hybridized carbons (Fsp3) is 0.200. The minimum atomic E-state index is -0.245. The number of rotatable bonds is 4. The second-order valence-corrected chi connectivity index (χ2v) is 7.89. The van der Waals surface area contributed by atoms with Gasteiger partial charge in [0.2, 0.25) is 0 Å². The molecule has 1 aliphatic heterocycles. The number of pyridine rings is 1. The van der Waals surface area contributed by atoms with E-state index in [4.69, 9.17) is 0 Å². The van der Waals surface area contributed by atoms with Gasteiger partial charge in [-0.1, -0.05) is 30.3 Å². The van der Waals surface area contributed by atoms with Crippen LogP contribution in [0.4, 0.5) is 5.69 Å². The number of benzene rings is 2. The molecule has 7 heteroatoms. The van der Waals surface area contributed by atoms with Gasteiger partial charge in [-0.25, -0.2) is 5.10 Å². The largest absolute Gasteiger partial charge is 0.368 e. The Morgan fingerprint density at radius 2 is 1.66 bits per heavy atom. The lowest BCUT2D eigenvalue weighted by atomic mass is 10.0.